The van der Waals surface area contributed by atoms with Crippen LogP contribution in [0.4, 0.5) is 0 Å². The lowest BCUT2D eigenvalue weighted by Crippen LogP contribution is -2.18. The molecule has 0 aliphatic heterocycles. The highest BCUT2D eigenvalue weighted by Gasteiger charge is 2.37. The van der Waals surface area contributed by atoms with Crippen molar-refractivity contribution < 1.29 is 0 Å². The number of hydrogen-bond donors (Lipinski definition) is 0. The summed E-state index contributed by atoms with van der Waals surface area (Å²) in [5.74, 6) is 0. The number of benzene rings is 4. The molecule has 0 unspecified atom stereocenters. The first-order valence-corrected chi connectivity index (χ1v) is 14.8. The summed E-state index contributed by atoms with van der Waals surface area (Å²) in [4.78, 5) is 0. The number of rotatable bonds is 3. The average molecular weight is 523 g/mol. The minimum absolute atomic E-state index is 0.0234. The molecule has 0 aromatic heterocycles. The molecule has 0 heterocycles. The molecule has 0 radical (unpaired) electrons. The molecule has 0 fully saturated rings. The molecule has 0 N–H and O–H groups in total. The van der Waals surface area contributed by atoms with Gasteiger partial charge in [-0.1, -0.05) is 132 Å². The molecule has 0 bridgehead atoms. The van der Waals surface area contributed by atoms with E-state index in [1.807, 2.05) is 0 Å². The van der Waals surface area contributed by atoms with E-state index in [2.05, 4.69) is 140 Å². The van der Waals surface area contributed by atoms with Crippen molar-refractivity contribution in [1.82, 2.24) is 0 Å². The molecule has 2 aliphatic carbocycles. The van der Waals surface area contributed by atoms with E-state index < -0.39 is 0 Å². The van der Waals surface area contributed by atoms with Crippen LogP contribution in [0.1, 0.15) is 88.3 Å². The molecular weight excluding hydrogens is 480 g/mol. The van der Waals surface area contributed by atoms with Crippen LogP contribution in [0.2, 0.25) is 0 Å². The van der Waals surface area contributed by atoms with Crippen LogP contribution >= 0.6 is 0 Å². The molecule has 4 aromatic carbocycles. The first kappa shape index (κ1) is 26.6. The van der Waals surface area contributed by atoms with E-state index in [-0.39, 0.29) is 10.8 Å². The standard InChI is InChI=1S/C40H42/c1-25-19-20-29(23-25)33-26(2)31-24-30-21-22-32(39(3,4)5)34(27-15-11-9-12-16-27)35(30)37(31)36(38(33)40(6,7)8)28-17-13-10-14-18-28/h9-19,21-23H,20,24H2,1-8H3. The highest BCUT2D eigenvalue weighted by molar-refractivity contribution is 6.03. The maximum atomic E-state index is 2.42. The highest BCUT2D eigenvalue weighted by Crippen LogP contribution is 2.56. The third kappa shape index (κ3) is 4.29. The third-order valence-electron chi connectivity index (χ3n) is 8.84. The molecule has 0 nitrogen and oxygen atoms in total. The summed E-state index contributed by atoms with van der Waals surface area (Å²) in [6.07, 6.45) is 6.80. The fourth-order valence-corrected chi connectivity index (χ4v) is 7.11. The lowest BCUT2D eigenvalue weighted by molar-refractivity contribution is 0.589. The molecule has 0 spiro atoms. The van der Waals surface area contributed by atoms with E-state index in [0.29, 0.717) is 0 Å². The second-order valence-electron chi connectivity index (χ2n) is 13.9. The van der Waals surface area contributed by atoms with Crippen LogP contribution in [0.25, 0.3) is 39.0 Å². The molecular formula is C40H42. The van der Waals surface area contributed by atoms with Gasteiger partial charge in [-0.2, -0.15) is 0 Å². The third-order valence-corrected chi connectivity index (χ3v) is 8.84. The van der Waals surface area contributed by atoms with Gasteiger partial charge < -0.3 is 0 Å². The van der Waals surface area contributed by atoms with E-state index in [4.69, 9.17) is 0 Å². The fraction of sp³-hybridized carbons (Fsp3) is 0.300. The molecule has 40 heavy (non-hydrogen) atoms. The van der Waals surface area contributed by atoms with Gasteiger partial charge >= 0.3 is 0 Å². The molecule has 0 saturated heterocycles. The van der Waals surface area contributed by atoms with Gasteiger partial charge in [0.05, 0.1) is 0 Å². The van der Waals surface area contributed by atoms with Gasteiger partial charge in [0.2, 0.25) is 0 Å². The van der Waals surface area contributed by atoms with Crippen LogP contribution in [0.15, 0.2) is 90.5 Å². The van der Waals surface area contributed by atoms with E-state index >= 15 is 0 Å². The van der Waals surface area contributed by atoms with Gasteiger partial charge in [0.15, 0.2) is 0 Å². The van der Waals surface area contributed by atoms with Crippen LogP contribution < -0.4 is 0 Å². The molecule has 0 saturated carbocycles. The molecule has 6 rings (SSSR count). The molecule has 2 aliphatic rings. The van der Waals surface area contributed by atoms with Crippen molar-refractivity contribution in [2.45, 2.75) is 79.1 Å². The summed E-state index contributed by atoms with van der Waals surface area (Å²) in [6, 6.07) is 27.1. The molecule has 0 amide bonds. The Morgan fingerprint density at radius 1 is 0.575 bits per heavy atom. The van der Waals surface area contributed by atoms with Crippen molar-refractivity contribution in [2.75, 3.05) is 0 Å². The predicted octanol–water partition coefficient (Wildman–Crippen LogP) is 11.2. The van der Waals surface area contributed by atoms with Crippen molar-refractivity contribution in [3.63, 3.8) is 0 Å². The van der Waals surface area contributed by atoms with E-state index in [1.54, 1.807) is 0 Å². The zero-order valence-corrected chi connectivity index (χ0v) is 25.5. The monoisotopic (exact) mass is 522 g/mol. The zero-order valence-electron chi connectivity index (χ0n) is 25.5. The van der Waals surface area contributed by atoms with Crippen molar-refractivity contribution in [2.24, 2.45) is 0 Å². The maximum Gasteiger partial charge on any atom is -0.00101 e. The molecule has 4 aromatic rings. The van der Waals surface area contributed by atoms with Gasteiger partial charge in [-0.05, 0) is 110 Å². The SMILES string of the molecule is CC1=CCC(c2c(C)c3c(c(-c4ccccc4)c2C(C)(C)C)-c2c(ccc(C(C)(C)C)c2-c2ccccc2)C3)=C1. The first-order chi connectivity index (χ1) is 19.0. The highest BCUT2D eigenvalue weighted by atomic mass is 14.4. The van der Waals surface area contributed by atoms with Gasteiger partial charge in [0.25, 0.3) is 0 Å². The zero-order chi connectivity index (χ0) is 28.4. The smallest absolute Gasteiger partial charge is 0.00101 e. The van der Waals surface area contributed by atoms with Crippen LogP contribution in [-0.4, -0.2) is 0 Å². The van der Waals surface area contributed by atoms with E-state index in [9.17, 15) is 0 Å². The van der Waals surface area contributed by atoms with Crippen LogP contribution in [-0.2, 0) is 17.3 Å². The van der Waals surface area contributed by atoms with Crippen molar-refractivity contribution in [3.8, 4) is 33.4 Å². The Labute approximate surface area is 241 Å². The molecule has 0 heteroatoms. The Kier molecular flexibility index (Phi) is 6.30. The fourth-order valence-electron chi connectivity index (χ4n) is 7.11. The molecule has 0 atom stereocenters. The van der Waals surface area contributed by atoms with Crippen molar-refractivity contribution in [3.05, 3.63) is 124 Å². The number of hydrogen-bond acceptors (Lipinski definition) is 0. The quantitative estimate of drug-likeness (QED) is 0.221. The minimum atomic E-state index is -0.0328. The summed E-state index contributed by atoms with van der Waals surface area (Å²) in [5, 5.41) is 0. The van der Waals surface area contributed by atoms with E-state index in [1.165, 1.54) is 77.9 Å². The Balaban J connectivity index is 1.82. The summed E-state index contributed by atoms with van der Waals surface area (Å²) < 4.78 is 0. The number of allylic oxidation sites excluding steroid dienone is 4. The normalized spacial score (nSPS) is 14.6. The summed E-state index contributed by atoms with van der Waals surface area (Å²) >= 11 is 0. The lowest BCUT2D eigenvalue weighted by Gasteiger charge is -2.32. The van der Waals surface area contributed by atoms with Crippen LogP contribution in [0, 0.1) is 6.92 Å². The predicted molar refractivity (Wildman–Crippen MR) is 174 cm³/mol. The number of fused-ring (bicyclic) bond motifs is 3. The van der Waals surface area contributed by atoms with Crippen LogP contribution in [0.5, 0.6) is 0 Å². The minimum Gasteiger partial charge on any atom is -0.0772 e. The lowest BCUT2D eigenvalue weighted by atomic mass is 9.71. The van der Waals surface area contributed by atoms with Gasteiger partial charge in [-0.3, -0.25) is 0 Å². The summed E-state index contributed by atoms with van der Waals surface area (Å²) in [7, 11) is 0. The van der Waals surface area contributed by atoms with Crippen LogP contribution in [0.3, 0.4) is 0 Å². The Bertz CT molecular complexity index is 1680. The van der Waals surface area contributed by atoms with E-state index in [0.717, 1.165) is 12.8 Å². The van der Waals surface area contributed by atoms with Gasteiger partial charge in [0.1, 0.15) is 0 Å². The Morgan fingerprint density at radius 3 is 1.70 bits per heavy atom. The largest absolute Gasteiger partial charge is 0.0772 e. The van der Waals surface area contributed by atoms with Gasteiger partial charge in [-0.15, -0.1) is 0 Å². The summed E-state index contributed by atoms with van der Waals surface area (Å²) in [5.41, 5.74) is 20.0. The average Bonchev–Trinajstić information content (AvgIpc) is 3.52. The summed E-state index contributed by atoms with van der Waals surface area (Å²) in [6.45, 7) is 18.9. The van der Waals surface area contributed by atoms with Crippen molar-refractivity contribution >= 4 is 5.57 Å². The second-order valence-corrected chi connectivity index (χ2v) is 13.9. The second kappa shape index (κ2) is 9.48. The van der Waals surface area contributed by atoms with Gasteiger partial charge in [0, 0.05) is 0 Å². The maximum absolute atomic E-state index is 2.42. The van der Waals surface area contributed by atoms with Crippen molar-refractivity contribution in [1.29, 1.82) is 0 Å². The van der Waals surface area contributed by atoms with Gasteiger partial charge in [-0.25, -0.2) is 0 Å². The Morgan fingerprint density at radius 2 is 1.18 bits per heavy atom. The topological polar surface area (TPSA) is 0 Å². The first-order valence-electron chi connectivity index (χ1n) is 14.8. The molecule has 202 valence electrons. The Hall–Kier alpha value is -3.64.